The van der Waals surface area contributed by atoms with Gasteiger partial charge >= 0.3 is 0 Å². The molecule has 0 fully saturated rings. The van der Waals surface area contributed by atoms with E-state index in [1.54, 1.807) is 35.8 Å². The Morgan fingerprint density at radius 2 is 2.00 bits per heavy atom. The summed E-state index contributed by atoms with van der Waals surface area (Å²) in [7, 11) is 1.52. The van der Waals surface area contributed by atoms with Gasteiger partial charge < -0.3 is 14.8 Å². The summed E-state index contributed by atoms with van der Waals surface area (Å²) in [6.07, 6.45) is 0. The first kappa shape index (κ1) is 18.8. The summed E-state index contributed by atoms with van der Waals surface area (Å²) in [5.41, 5.74) is 3.84. The van der Waals surface area contributed by atoms with Gasteiger partial charge in [0.05, 0.1) is 24.4 Å². The monoisotopic (exact) mass is 386 g/mol. The third-order valence-corrected chi connectivity index (χ3v) is 4.64. The van der Waals surface area contributed by atoms with Crippen LogP contribution in [0.1, 0.15) is 34.6 Å². The predicted molar refractivity (Wildman–Crippen MR) is 102 cm³/mol. The predicted octanol–water partition coefficient (Wildman–Crippen LogP) is 4.36. The first-order chi connectivity index (χ1) is 13.1. The second-order valence-corrected chi connectivity index (χ2v) is 6.60. The molecule has 0 bridgehead atoms. The number of rotatable bonds is 7. The molecule has 0 aliphatic carbocycles. The van der Waals surface area contributed by atoms with Gasteiger partial charge in [0.2, 0.25) is 0 Å². The highest BCUT2D eigenvalue weighted by molar-refractivity contribution is 7.07. The molecule has 27 heavy (non-hydrogen) atoms. The van der Waals surface area contributed by atoms with Crippen molar-refractivity contribution in [2.45, 2.75) is 19.6 Å². The lowest BCUT2D eigenvalue weighted by molar-refractivity contribution is 0.0939. The van der Waals surface area contributed by atoms with Crippen molar-refractivity contribution in [2.75, 3.05) is 7.11 Å². The van der Waals surface area contributed by atoms with Crippen molar-refractivity contribution < 1.29 is 18.7 Å². The van der Waals surface area contributed by atoms with Gasteiger partial charge in [-0.1, -0.05) is 12.1 Å². The van der Waals surface area contributed by atoms with Crippen LogP contribution in [0.4, 0.5) is 4.39 Å². The van der Waals surface area contributed by atoms with Crippen molar-refractivity contribution >= 4 is 17.2 Å². The molecule has 0 spiro atoms. The van der Waals surface area contributed by atoms with Crippen molar-refractivity contribution in [3.8, 4) is 11.5 Å². The van der Waals surface area contributed by atoms with E-state index in [1.165, 1.54) is 30.6 Å². The second-order valence-electron chi connectivity index (χ2n) is 5.88. The molecular weight excluding hydrogens is 367 g/mol. The molecule has 5 nitrogen and oxygen atoms in total. The number of carbonyl (C=O) groups excluding carboxylic acids is 1. The summed E-state index contributed by atoms with van der Waals surface area (Å²) in [5.74, 6) is 0.437. The number of halogens is 1. The minimum Gasteiger partial charge on any atom is -0.493 e. The highest BCUT2D eigenvalue weighted by Gasteiger charge is 2.15. The van der Waals surface area contributed by atoms with E-state index in [2.05, 4.69) is 10.3 Å². The Hall–Kier alpha value is -2.93. The maximum absolute atomic E-state index is 13.0. The zero-order valence-electron chi connectivity index (χ0n) is 14.9. The minimum atomic E-state index is -0.310. The SMILES string of the molecule is COc1cc(C(=O)NC(C)c2ccc(F)cc2)ccc1OCc1cscn1. The molecule has 140 valence electrons. The Labute approximate surface area is 160 Å². The number of aromatic nitrogens is 1. The fourth-order valence-electron chi connectivity index (χ4n) is 2.50. The van der Waals surface area contributed by atoms with Crippen LogP contribution in [0.15, 0.2) is 53.4 Å². The van der Waals surface area contributed by atoms with Gasteiger partial charge in [0, 0.05) is 10.9 Å². The summed E-state index contributed by atoms with van der Waals surface area (Å²) >= 11 is 1.50. The van der Waals surface area contributed by atoms with Crippen LogP contribution in [-0.4, -0.2) is 18.0 Å². The molecular formula is C20H19FN2O3S. The molecule has 0 saturated heterocycles. The molecule has 1 aromatic heterocycles. The standard InChI is InChI=1S/C20H19FN2O3S/c1-13(14-3-6-16(21)7-4-14)23-20(24)15-5-8-18(19(9-15)25-2)26-10-17-11-27-12-22-17/h3-9,11-13H,10H2,1-2H3,(H,23,24). The van der Waals surface area contributed by atoms with Crippen LogP contribution in [0.25, 0.3) is 0 Å². The number of ether oxygens (including phenoxy) is 2. The van der Waals surface area contributed by atoms with Gasteiger partial charge in [0.1, 0.15) is 12.4 Å². The Bertz CT molecular complexity index is 898. The zero-order chi connectivity index (χ0) is 19.2. The van der Waals surface area contributed by atoms with E-state index in [-0.39, 0.29) is 17.8 Å². The molecule has 1 atom stereocenters. The molecule has 0 aliphatic heterocycles. The highest BCUT2D eigenvalue weighted by atomic mass is 32.1. The number of benzene rings is 2. The van der Waals surface area contributed by atoms with Crippen LogP contribution in [-0.2, 0) is 6.61 Å². The minimum absolute atomic E-state index is 0.254. The molecule has 1 heterocycles. The summed E-state index contributed by atoms with van der Waals surface area (Å²) in [6.45, 7) is 2.17. The molecule has 0 radical (unpaired) electrons. The molecule has 3 rings (SSSR count). The number of nitrogens with one attached hydrogen (secondary N) is 1. The van der Waals surface area contributed by atoms with Gasteiger partial charge in [-0.05, 0) is 42.8 Å². The van der Waals surface area contributed by atoms with Crippen LogP contribution < -0.4 is 14.8 Å². The first-order valence-electron chi connectivity index (χ1n) is 8.31. The smallest absolute Gasteiger partial charge is 0.251 e. The van der Waals surface area contributed by atoms with Crippen LogP contribution in [0.5, 0.6) is 11.5 Å². The molecule has 1 amide bonds. The Morgan fingerprint density at radius 3 is 2.67 bits per heavy atom. The Balaban J connectivity index is 1.68. The summed E-state index contributed by atoms with van der Waals surface area (Å²) in [5, 5.41) is 4.80. The van der Waals surface area contributed by atoms with E-state index >= 15 is 0 Å². The average Bonchev–Trinajstić information content (AvgIpc) is 3.20. The Morgan fingerprint density at radius 1 is 1.22 bits per heavy atom. The number of hydrogen-bond acceptors (Lipinski definition) is 5. The second kappa shape index (κ2) is 8.64. The van der Waals surface area contributed by atoms with Crippen molar-refractivity contribution in [1.82, 2.24) is 10.3 Å². The van der Waals surface area contributed by atoms with E-state index in [9.17, 15) is 9.18 Å². The molecule has 7 heteroatoms. The fraction of sp³-hybridized carbons (Fsp3) is 0.200. The summed E-state index contributed by atoms with van der Waals surface area (Å²) in [4.78, 5) is 16.7. The van der Waals surface area contributed by atoms with Crippen molar-refractivity contribution in [1.29, 1.82) is 0 Å². The van der Waals surface area contributed by atoms with Crippen LogP contribution in [0.2, 0.25) is 0 Å². The summed E-state index contributed by atoms with van der Waals surface area (Å²) in [6, 6.07) is 10.8. The van der Waals surface area contributed by atoms with Crippen LogP contribution >= 0.6 is 11.3 Å². The molecule has 3 aromatic rings. The van der Waals surface area contributed by atoms with Crippen molar-refractivity contribution in [3.63, 3.8) is 0 Å². The van der Waals surface area contributed by atoms with Gasteiger partial charge in [0.25, 0.3) is 5.91 Å². The zero-order valence-corrected chi connectivity index (χ0v) is 15.8. The maximum Gasteiger partial charge on any atom is 0.251 e. The number of methoxy groups -OCH3 is 1. The van der Waals surface area contributed by atoms with Gasteiger partial charge in [-0.25, -0.2) is 9.37 Å². The van der Waals surface area contributed by atoms with E-state index in [4.69, 9.17) is 9.47 Å². The number of nitrogens with zero attached hydrogens (tertiary/aromatic N) is 1. The quantitative estimate of drug-likeness (QED) is 0.655. The first-order valence-corrected chi connectivity index (χ1v) is 9.25. The number of thiazole rings is 1. The number of hydrogen-bond donors (Lipinski definition) is 1. The van der Waals surface area contributed by atoms with Crippen molar-refractivity contribution in [2.24, 2.45) is 0 Å². The molecule has 1 N–H and O–H groups in total. The number of carbonyl (C=O) groups is 1. The molecule has 2 aromatic carbocycles. The topological polar surface area (TPSA) is 60.5 Å². The Kier molecular flexibility index (Phi) is 6.03. The molecule has 0 aliphatic rings. The largest absolute Gasteiger partial charge is 0.493 e. The maximum atomic E-state index is 13.0. The average molecular weight is 386 g/mol. The van der Waals surface area contributed by atoms with Crippen molar-refractivity contribution in [3.05, 3.63) is 76.0 Å². The summed E-state index contributed by atoms with van der Waals surface area (Å²) < 4.78 is 24.1. The van der Waals surface area contributed by atoms with Gasteiger partial charge in [-0.2, -0.15) is 0 Å². The molecule has 1 unspecified atom stereocenters. The highest BCUT2D eigenvalue weighted by Crippen LogP contribution is 2.29. The van der Waals surface area contributed by atoms with Gasteiger partial charge in [-0.3, -0.25) is 4.79 Å². The third kappa shape index (κ3) is 4.83. The van der Waals surface area contributed by atoms with E-state index in [0.29, 0.717) is 23.7 Å². The third-order valence-electron chi connectivity index (χ3n) is 4.00. The van der Waals surface area contributed by atoms with E-state index < -0.39 is 0 Å². The van der Waals surface area contributed by atoms with E-state index in [1.807, 2.05) is 12.3 Å². The fourth-order valence-corrected chi connectivity index (χ4v) is 3.05. The van der Waals surface area contributed by atoms with Gasteiger partial charge in [0.15, 0.2) is 11.5 Å². The lowest BCUT2D eigenvalue weighted by atomic mass is 10.1. The lowest BCUT2D eigenvalue weighted by Crippen LogP contribution is -2.26. The van der Waals surface area contributed by atoms with E-state index in [0.717, 1.165) is 11.3 Å². The van der Waals surface area contributed by atoms with Crippen LogP contribution in [0.3, 0.4) is 0 Å². The number of amides is 1. The normalized spacial score (nSPS) is 11.7. The van der Waals surface area contributed by atoms with Gasteiger partial charge in [-0.15, -0.1) is 11.3 Å². The molecule has 0 saturated carbocycles. The lowest BCUT2D eigenvalue weighted by Gasteiger charge is -2.16. The van der Waals surface area contributed by atoms with Crippen LogP contribution in [0, 0.1) is 5.82 Å².